The number of carbonyl (C=O) groups excluding carboxylic acids is 1. The van der Waals surface area contributed by atoms with Gasteiger partial charge in [0.25, 0.3) is 5.91 Å². The third-order valence-electron chi connectivity index (χ3n) is 3.86. The maximum Gasteiger partial charge on any atom is 0.271 e. The molecule has 0 atom stereocenters. The molecular weight excluding hydrogens is 328 g/mol. The van der Waals surface area contributed by atoms with Crippen LogP contribution in [0.1, 0.15) is 16.9 Å². The molecule has 0 bridgehead atoms. The summed E-state index contributed by atoms with van der Waals surface area (Å²) in [6.07, 6.45) is 2.64. The zero-order chi connectivity index (χ0) is 18.4. The molecule has 2 N–H and O–H groups in total. The first-order valence-electron chi connectivity index (χ1n) is 8.51. The molecule has 0 radical (unpaired) electrons. The number of fused-ring (bicyclic) bond motifs is 1. The van der Waals surface area contributed by atoms with Crippen LogP contribution >= 0.6 is 0 Å². The van der Waals surface area contributed by atoms with Gasteiger partial charge < -0.3 is 15.5 Å². The molecule has 2 heterocycles. The summed E-state index contributed by atoms with van der Waals surface area (Å²) in [4.78, 5) is 18.6. The van der Waals surface area contributed by atoms with Crippen molar-refractivity contribution in [1.29, 1.82) is 0 Å². The van der Waals surface area contributed by atoms with E-state index in [-0.39, 0.29) is 5.91 Å². The summed E-state index contributed by atoms with van der Waals surface area (Å²) >= 11 is 0. The molecule has 0 unspecified atom stereocenters. The SMILES string of the molecule is CN(C)CCCNC(=O)c1ccc(Nc2cccc3cccnc23)nn1. The predicted octanol–water partition coefficient (Wildman–Crippen LogP) is 2.45. The van der Waals surface area contributed by atoms with Crippen molar-refractivity contribution >= 4 is 28.3 Å². The third kappa shape index (κ3) is 4.52. The van der Waals surface area contributed by atoms with E-state index in [4.69, 9.17) is 0 Å². The highest BCUT2D eigenvalue weighted by atomic mass is 16.1. The van der Waals surface area contributed by atoms with Gasteiger partial charge in [0.2, 0.25) is 0 Å². The van der Waals surface area contributed by atoms with Gasteiger partial charge in [-0.1, -0.05) is 18.2 Å². The number of benzene rings is 1. The topological polar surface area (TPSA) is 83.0 Å². The lowest BCUT2D eigenvalue weighted by Crippen LogP contribution is -2.28. The minimum absolute atomic E-state index is 0.213. The van der Waals surface area contributed by atoms with Gasteiger partial charge in [-0.3, -0.25) is 9.78 Å². The van der Waals surface area contributed by atoms with Crippen molar-refractivity contribution < 1.29 is 4.79 Å². The van der Waals surface area contributed by atoms with Crippen LogP contribution in [0.25, 0.3) is 10.9 Å². The fourth-order valence-electron chi connectivity index (χ4n) is 2.55. The maximum atomic E-state index is 12.1. The van der Waals surface area contributed by atoms with Crippen molar-refractivity contribution in [3.8, 4) is 0 Å². The number of hydrogen-bond donors (Lipinski definition) is 2. The van der Waals surface area contributed by atoms with Crippen molar-refractivity contribution in [3.63, 3.8) is 0 Å². The fraction of sp³-hybridized carbons (Fsp3) is 0.263. The monoisotopic (exact) mass is 350 g/mol. The number of amides is 1. The van der Waals surface area contributed by atoms with Crippen LogP contribution in [0.15, 0.2) is 48.7 Å². The Morgan fingerprint density at radius 3 is 2.69 bits per heavy atom. The number of aromatic nitrogens is 3. The molecule has 0 saturated heterocycles. The molecule has 3 aromatic rings. The second kappa shape index (κ2) is 8.35. The van der Waals surface area contributed by atoms with Gasteiger partial charge in [0, 0.05) is 18.1 Å². The first-order chi connectivity index (χ1) is 12.6. The molecule has 134 valence electrons. The van der Waals surface area contributed by atoms with E-state index in [2.05, 4.69) is 30.7 Å². The molecule has 7 nitrogen and oxygen atoms in total. The highest BCUT2D eigenvalue weighted by Gasteiger charge is 2.08. The Kier molecular flexibility index (Phi) is 5.70. The van der Waals surface area contributed by atoms with Crippen LogP contribution in [0.5, 0.6) is 0 Å². The Hall–Kier alpha value is -3.06. The van der Waals surface area contributed by atoms with Crippen molar-refractivity contribution in [2.45, 2.75) is 6.42 Å². The Bertz CT molecular complexity index is 873. The van der Waals surface area contributed by atoms with Crippen LogP contribution < -0.4 is 10.6 Å². The number of nitrogens with zero attached hydrogens (tertiary/aromatic N) is 4. The predicted molar refractivity (Wildman–Crippen MR) is 103 cm³/mol. The van der Waals surface area contributed by atoms with Crippen LogP contribution in [0, 0.1) is 0 Å². The standard InChI is InChI=1S/C19H22N6O/c1-25(2)13-5-12-21-19(26)16-9-10-17(24-23-16)22-15-8-3-6-14-7-4-11-20-18(14)15/h3-4,6-11H,5,12-13H2,1-2H3,(H,21,26)(H,22,24). The summed E-state index contributed by atoms with van der Waals surface area (Å²) in [6, 6.07) is 13.2. The molecule has 3 rings (SSSR count). The van der Waals surface area contributed by atoms with E-state index in [1.165, 1.54) is 0 Å². The number of anilines is 2. The van der Waals surface area contributed by atoms with E-state index in [9.17, 15) is 4.79 Å². The number of hydrogen-bond acceptors (Lipinski definition) is 6. The molecule has 1 amide bonds. The quantitative estimate of drug-likeness (QED) is 0.637. The molecule has 0 aliphatic rings. The van der Waals surface area contributed by atoms with Crippen LogP contribution in [0.4, 0.5) is 11.5 Å². The van der Waals surface area contributed by atoms with E-state index in [1.54, 1.807) is 18.3 Å². The zero-order valence-electron chi connectivity index (χ0n) is 14.9. The van der Waals surface area contributed by atoms with E-state index in [0.29, 0.717) is 18.1 Å². The van der Waals surface area contributed by atoms with Gasteiger partial charge in [-0.25, -0.2) is 0 Å². The Morgan fingerprint density at radius 2 is 1.92 bits per heavy atom. The zero-order valence-corrected chi connectivity index (χ0v) is 14.9. The van der Waals surface area contributed by atoms with Crippen LogP contribution in [0.3, 0.4) is 0 Å². The lowest BCUT2D eigenvalue weighted by atomic mass is 10.2. The van der Waals surface area contributed by atoms with Crippen molar-refractivity contribution in [2.24, 2.45) is 0 Å². The largest absolute Gasteiger partial charge is 0.351 e. The highest BCUT2D eigenvalue weighted by Crippen LogP contribution is 2.23. The number of carbonyl (C=O) groups is 1. The van der Waals surface area contributed by atoms with Gasteiger partial charge in [0.15, 0.2) is 11.5 Å². The molecule has 0 aliphatic heterocycles. The molecule has 0 fully saturated rings. The minimum Gasteiger partial charge on any atom is -0.351 e. The smallest absolute Gasteiger partial charge is 0.271 e. The maximum absolute atomic E-state index is 12.1. The second-order valence-electron chi connectivity index (χ2n) is 6.22. The molecule has 0 saturated carbocycles. The van der Waals surface area contributed by atoms with E-state index < -0.39 is 0 Å². The summed E-state index contributed by atoms with van der Waals surface area (Å²) in [7, 11) is 4.01. The normalized spacial score (nSPS) is 10.9. The summed E-state index contributed by atoms with van der Waals surface area (Å²) in [5.41, 5.74) is 2.01. The van der Waals surface area contributed by atoms with Crippen molar-refractivity contribution in [3.05, 3.63) is 54.4 Å². The van der Waals surface area contributed by atoms with Crippen molar-refractivity contribution in [2.75, 3.05) is 32.5 Å². The first-order valence-corrected chi connectivity index (χ1v) is 8.51. The number of para-hydroxylation sites is 1. The number of rotatable bonds is 7. The molecule has 26 heavy (non-hydrogen) atoms. The molecular formula is C19H22N6O. The molecule has 0 aliphatic carbocycles. The van der Waals surface area contributed by atoms with Gasteiger partial charge in [-0.15, -0.1) is 10.2 Å². The van der Waals surface area contributed by atoms with E-state index >= 15 is 0 Å². The molecule has 7 heteroatoms. The molecule has 1 aromatic carbocycles. The summed E-state index contributed by atoms with van der Waals surface area (Å²) in [5.74, 6) is 0.349. The van der Waals surface area contributed by atoms with Gasteiger partial charge in [0.1, 0.15) is 0 Å². The Labute approximate surface area is 152 Å². The fourth-order valence-corrected chi connectivity index (χ4v) is 2.55. The van der Waals surface area contributed by atoms with E-state index in [0.717, 1.165) is 29.6 Å². The van der Waals surface area contributed by atoms with Crippen LogP contribution in [0.2, 0.25) is 0 Å². The first kappa shape index (κ1) is 17.8. The average Bonchev–Trinajstić information content (AvgIpc) is 2.66. The van der Waals surface area contributed by atoms with Gasteiger partial charge in [-0.05, 0) is 51.3 Å². The van der Waals surface area contributed by atoms with Gasteiger partial charge in [-0.2, -0.15) is 0 Å². The Balaban J connectivity index is 1.63. The van der Waals surface area contributed by atoms with Gasteiger partial charge in [0.05, 0.1) is 11.2 Å². The van der Waals surface area contributed by atoms with E-state index in [1.807, 2.05) is 44.4 Å². The van der Waals surface area contributed by atoms with Crippen LogP contribution in [-0.2, 0) is 0 Å². The lowest BCUT2D eigenvalue weighted by molar-refractivity contribution is 0.0946. The molecule has 0 spiro atoms. The average molecular weight is 350 g/mol. The number of pyridine rings is 1. The highest BCUT2D eigenvalue weighted by molar-refractivity contribution is 5.93. The summed E-state index contributed by atoms with van der Waals surface area (Å²) in [5, 5.41) is 15.2. The summed E-state index contributed by atoms with van der Waals surface area (Å²) in [6.45, 7) is 1.54. The second-order valence-corrected chi connectivity index (χ2v) is 6.22. The minimum atomic E-state index is -0.213. The number of nitrogens with one attached hydrogen (secondary N) is 2. The Morgan fingerprint density at radius 1 is 1.08 bits per heavy atom. The lowest BCUT2D eigenvalue weighted by Gasteiger charge is -2.10. The van der Waals surface area contributed by atoms with Crippen LogP contribution in [-0.4, -0.2) is 53.2 Å². The van der Waals surface area contributed by atoms with Gasteiger partial charge >= 0.3 is 0 Å². The third-order valence-corrected chi connectivity index (χ3v) is 3.86. The molecule has 2 aromatic heterocycles. The van der Waals surface area contributed by atoms with Crippen molar-refractivity contribution in [1.82, 2.24) is 25.4 Å². The summed E-state index contributed by atoms with van der Waals surface area (Å²) < 4.78 is 0.